The summed E-state index contributed by atoms with van der Waals surface area (Å²) >= 11 is 0. The molecule has 0 fully saturated rings. The lowest BCUT2D eigenvalue weighted by Crippen LogP contribution is -2.12. The zero-order valence-corrected chi connectivity index (χ0v) is 10.7. The minimum absolute atomic E-state index is 0.00548. The van der Waals surface area contributed by atoms with Crippen LogP contribution >= 0.6 is 0 Å². The molecule has 0 aliphatic rings. The summed E-state index contributed by atoms with van der Waals surface area (Å²) in [6.07, 6.45) is -4.13. The summed E-state index contributed by atoms with van der Waals surface area (Å²) in [7, 11) is 0. The van der Waals surface area contributed by atoms with Gasteiger partial charge in [-0.05, 0) is 35.9 Å². The van der Waals surface area contributed by atoms with Crippen molar-refractivity contribution in [3.63, 3.8) is 0 Å². The Balaban J connectivity index is 2.42. The lowest BCUT2D eigenvalue weighted by molar-refractivity contribution is -0.0689. The molecule has 0 aromatic heterocycles. The number of hydrogen-bond acceptors (Lipinski definition) is 1. The predicted molar refractivity (Wildman–Crippen MR) is 71.2 cm³/mol. The van der Waals surface area contributed by atoms with Crippen LogP contribution in [-0.4, -0.2) is 12.0 Å². The lowest BCUT2D eigenvalue weighted by Gasteiger charge is -2.11. The first-order valence-electron chi connectivity index (χ1n) is 6.02. The van der Waals surface area contributed by atoms with E-state index < -0.39 is 23.3 Å². The van der Waals surface area contributed by atoms with Crippen LogP contribution in [0.3, 0.4) is 0 Å². The number of allylic oxidation sites excluding steroid dienone is 2. The molecule has 0 heterocycles. The van der Waals surface area contributed by atoms with E-state index in [2.05, 4.69) is 0 Å². The van der Waals surface area contributed by atoms with Gasteiger partial charge in [-0.2, -0.15) is 13.2 Å². The second kappa shape index (κ2) is 5.91. The van der Waals surface area contributed by atoms with Gasteiger partial charge in [0.25, 0.3) is 0 Å². The van der Waals surface area contributed by atoms with Gasteiger partial charge in [-0.1, -0.05) is 30.3 Å². The fourth-order valence-electron chi connectivity index (χ4n) is 1.78. The van der Waals surface area contributed by atoms with Crippen molar-refractivity contribution in [1.82, 2.24) is 0 Å². The lowest BCUT2D eigenvalue weighted by atomic mass is 10.0. The van der Waals surface area contributed by atoms with Gasteiger partial charge in [0, 0.05) is 5.56 Å². The molecule has 5 heteroatoms. The second-order valence-electron chi connectivity index (χ2n) is 4.29. The molecular weight excluding hydrogens is 284 g/mol. The highest BCUT2D eigenvalue weighted by Gasteiger charge is 2.35. The zero-order chi connectivity index (χ0) is 15.5. The smallest absolute Gasteiger partial charge is 0.289 e. The number of hydrogen-bond donors (Lipinski definition) is 0. The van der Waals surface area contributed by atoms with E-state index in [1.807, 2.05) is 0 Å². The van der Waals surface area contributed by atoms with Crippen LogP contribution in [0.25, 0.3) is 5.57 Å². The minimum Gasteiger partial charge on any atom is -0.289 e. The van der Waals surface area contributed by atoms with E-state index in [1.54, 1.807) is 6.07 Å². The minimum atomic E-state index is -4.66. The van der Waals surface area contributed by atoms with Gasteiger partial charge in [0.15, 0.2) is 5.78 Å². The topological polar surface area (TPSA) is 17.1 Å². The highest BCUT2D eigenvalue weighted by Crippen LogP contribution is 2.34. The van der Waals surface area contributed by atoms with E-state index in [9.17, 15) is 22.4 Å². The van der Waals surface area contributed by atoms with Crippen molar-refractivity contribution in [2.75, 3.05) is 0 Å². The summed E-state index contributed by atoms with van der Waals surface area (Å²) in [4.78, 5) is 11.9. The van der Waals surface area contributed by atoms with Gasteiger partial charge in [0.2, 0.25) is 0 Å². The molecule has 0 aliphatic heterocycles. The van der Waals surface area contributed by atoms with E-state index in [1.165, 1.54) is 24.3 Å². The van der Waals surface area contributed by atoms with Crippen LogP contribution in [0.2, 0.25) is 0 Å². The standard InChI is InChI=1S/C16H10F4O/c17-13-8-6-12(7-9-13)15(21)10-14(16(18,19)20)11-4-2-1-3-5-11/h1-10H/b14-10+. The number of ketones is 1. The first-order valence-corrected chi connectivity index (χ1v) is 6.02. The van der Waals surface area contributed by atoms with Gasteiger partial charge in [0.05, 0.1) is 5.57 Å². The van der Waals surface area contributed by atoms with Crippen molar-refractivity contribution < 1.29 is 22.4 Å². The van der Waals surface area contributed by atoms with E-state index >= 15 is 0 Å². The first-order chi connectivity index (χ1) is 9.88. The van der Waals surface area contributed by atoms with E-state index in [4.69, 9.17) is 0 Å². The highest BCUT2D eigenvalue weighted by molar-refractivity contribution is 6.09. The summed E-state index contributed by atoms with van der Waals surface area (Å²) < 4.78 is 52.0. The fourth-order valence-corrected chi connectivity index (χ4v) is 1.78. The van der Waals surface area contributed by atoms with Crippen LogP contribution in [0.4, 0.5) is 17.6 Å². The van der Waals surface area contributed by atoms with Gasteiger partial charge >= 0.3 is 6.18 Å². The number of halogens is 4. The monoisotopic (exact) mass is 294 g/mol. The van der Waals surface area contributed by atoms with Crippen molar-refractivity contribution in [2.24, 2.45) is 0 Å². The molecule has 0 spiro atoms. The third kappa shape index (κ3) is 3.78. The van der Waals surface area contributed by atoms with Crippen LogP contribution in [0.5, 0.6) is 0 Å². The first kappa shape index (κ1) is 15.0. The molecule has 2 aromatic carbocycles. The largest absolute Gasteiger partial charge is 0.417 e. The quantitative estimate of drug-likeness (QED) is 0.457. The maximum absolute atomic E-state index is 13.1. The van der Waals surface area contributed by atoms with E-state index in [-0.39, 0.29) is 11.1 Å². The van der Waals surface area contributed by atoms with Gasteiger partial charge < -0.3 is 0 Å². The van der Waals surface area contributed by atoms with Crippen LogP contribution in [0, 0.1) is 5.82 Å². The number of alkyl halides is 3. The number of benzene rings is 2. The summed E-state index contributed by atoms with van der Waals surface area (Å²) in [5, 5.41) is 0. The Labute approximate surface area is 118 Å². The Morgan fingerprint density at radius 2 is 1.43 bits per heavy atom. The molecule has 2 rings (SSSR count). The average molecular weight is 294 g/mol. The average Bonchev–Trinajstić information content (AvgIpc) is 2.45. The molecule has 0 N–H and O–H groups in total. The van der Waals surface area contributed by atoms with Crippen molar-refractivity contribution in [2.45, 2.75) is 6.18 Å². The maximum Gasteiger partial charge on any atom is 0.417 e. The van der Waals surface area contributed by atoms with Crippen LogP contribution in [-0.2, 0) is 0 Å². The maximum atomic E-state index is 13.1. The summed E-state index contributed by atoms with van der Waals surface area (Å²) in [6.45, 7) is 0. The van der Waals surface area contributed by atoms with Gasteiger partial charge in [-0.25, -0.2) is 4.39 Å². The normalized spacial score (nSPS) is 12.3. The van der Waals surface area contributed by atoms with Crippen LogP contribution in [0.1, 0.15) is 15.9 Å². The number of carbonyl (C=O) groups excluding carboxylic acids is 1. The number of carbonyl (C=O) groups is 1. The third-order valence-corrected chi connectivity index (χ3v) is 2.79. The molecule has 0 radical (unpaired) electrons. The predicted octanol–water partition coefficient (Wildman–Crippen LogP) is 4.65. The zero-order valence-electron chi connectivity index (χ0n) is 10.7. The molecule has 0 saturated carbocycles. The summed E-state index contributed by atoms with van der Waals surface area (Å²) in [6, 6.07) is 11.4. The Morgan fingerprint density at radius 1 is 0.857 bits per heavy atom. The molecule has 108 valence electrons. The molecule has 0 atom stereocenters. The molecule has 1 nitrogen and oxygen atoms in total. The van der Waals surface area contributed by atoms with Crippen molar-refractivity contribution >= 4 is 11.4 Å². The second-order valence-corrected chi connectivity index (χ2v) is 4.29. The molecule has 0 aliphatic carbocycles. The van der Waals surface area contributed by atoms with Crippen molar-refractivity contribution in [3.05, 3.63) is 77.6 Å². The van der Waals surface area contributed by atoms with Crippen LogP contribution in [0.15, 0.2) is 60.7 Å². The SMILES string of the molecule is O=C(/C=C(\c1ccccc1)C(F)(F)F)c1ccc(F)cc1. The van der Waals surface area contributed by atoms with Crippen molar-refractivity contribution in [3.8, 4) is 0 Å². The Kier molecular flexibility index (Phi) is 4.21. The molecular formula is C16H10F4O. The molecule has 0 amide bonds. The van der Waals surface area contributed by atoms with Gasteiger partial charge in [-0.3, -0.25) is 4.79 Å². The molecule has 0 saturated heterocycles. The Morgan fingerprint density at radius 3 is 1.95 bits per heavy atom. The van der Waals surface area contributed by atoms with E-state index in [0.717, 1.165) is 24.3 Å². The number of rotatable bonds is 3. The molecule has 2 aromatic rings. The Hall–Kier alpha value is -2.43. The fraction of sp³-hybridized carbons (Fsp3) is 0.0625. The van der Waals surface area contributed by atoms with E-state index in [0.29, 0.717) is 6.08 Å². The summed E-state index contributed by atoms with van der Waals surface area (Å²) in [5.41, 5.74) is -1.13. The van der Waals surface area contributed by atoms with Crippen molar-refractivity contribution in [1.29, 1.82) is 0 Å². The Bertz CT molecular complexity index is 655. The molecule has 21 heavy (non-hydrogen) atoms. The van der Waals surface area contributed by atoms with Gasteiger partial charge in [-0.15, -0.1) is 0 Å². The highest BCUT2D eigenvalue weighted by atomic mass is 19.4. The summed E-state index contributed by atoms with van der Waals surface area (Å²) in [5.74, 6) is -1.39. The van der Waals surface area contributed by atoms with Crippen LogP contribution < -0.4 is 0 Å². The third-order valence-electron chi connectivity index (χ3n) is 2.79. The molecule has 0 unspecified atom stereocenters. The molecule has 0 bridgehead atoms. The van der Waals surface area contributed by atoms with Gasteiger partial charge in [0.1, 0.15) is 5.82 Å².